The predicted octanol–water partition coefficient (Wildman–Crippen LogP) is 5.65. The number of H-pyrrole nitrogens is 1. The first kappa shape index (κ1) is 20.1. The maximum absolute atomic E-state index is 13.8. The van der Waals surface area contributed by atoms with Crippen molar-refractivity contribution < 1.29 is 4.79 Å². The number of aromatic nitrogens is 4. The minimum atomic E-state index is -0.637. The minimum Gasteiger partial charge on any atom is -0.330 e. The molecular formula is C29H23N5O. The van der Waals surface area contributed by atoms with E-state index in [2.05, 4.69) is 63.6 Å². The number of aromatic amines is 1. The molecule has 3 atom stereocenters. The third-order valence-corrected chi connectivity index (χ3v) is 7.81. The van der Waals surface area contributed by atoms with Crippen LogP contribution in [0.2, 0.25) is 0 Å². The van der Waals surface area contributed by atoms with Gasteiger partial charge < -0.3 is 4.98 Å². The molecule has 3 unspecified atom stereocenters. The van der Waals surface area contributed by atoms with Crippen LogP contribution in [0.15, 0.2) is 85.6 Å². The first-order valence-electron chi connectivity index (χ1n) is 11.9. The number of hydrogen-bond acceptors (Lipinski definition) is 4. The highest BCUT2D eigenvalue weighted by molar-refractivity contribution is 5.98. The molecule has 0 aliphatic heterocycles. The van der Waals surface area contributed by atoms with Crippen LogP contribution in [0, 0.1) is 5.41 Å². The van der Waals surface area contributed by atoms with Gasteiger partial charge in [-0.15, -0.1) is 0 Å². The number of hydrogen-bond donors (Lipinski definition) is 2. The quantitative estimate of drug-likeness (QED) is 0.367. The SMILES string of the molecule is CC1(C(=O)Nc2nc(-c3cccc4ccccc34)c[nH]2)CC2c3cnccc3C1c1cnccc12. The molecule has 0 saturated heterocycles. The van der Waals surface area contributed by atoms with E-state index in [9.17, 15) is 4.79 Å². The van der Waals surface area contributed by atoms with Crippen molar-refractivity contribution in [3.63, 3.8) is 0 Å². The van der Waals surface area contributed by atoms with Crippen LogP contribution in [0.3, 0.4) is 0 Å². The fourth-order valence-electron chi connectivity index (χ4n) is 6.18. The van der Waals surface area contributed by atoms with E-state index in [0.29, 0.717) is 5.95 Å². The lowest BCUT2D eigenvalue weighted by atomic mass is 9.53. The Morgan fingerprint density at radius 1 is 0.943 bits per heavy atom. The summed E-state index contributed by atoms with van der Waals surface area (Å²) in [4.78, 5) is 30.5. The Bertz CT molecular complexity index is 1570. The number of nitrogens with zero attached hydrogens (tertiary/aromatic N) is 3. The smallest absolute Gasteiger partial charge is 0.233 e. The van der Waals surface area contributed by atoms with E-state index in [0.717, 1.165) is 34.0 Å². The van der Waals surface area contributed by atoms with Gasteiger partial charge in [-0.2, -0.15) is 0 Å². The van der Waals surface area contributed by atoms with Gasteiger partial charge in [0.15, 0.2) is 0 Å². The van der Waals surface area contributed by atoms with Gasteiger partial charge in [-0.1, -0.05) is 42.5 Å². The molecule has 5 aromatic rings. The Labute approximate surface area is 202 Å². The molecule has 1 amide bonds. The summed E-state index contributed by atoms with van der Waals surface area (Å²) in [6.07, 6.45) is 10.1. The largest absolute Gasteiger partial charge is 0.330 e. The van der Waals surface area contributed by atoms with Crippen molar-refractivity contribution in [1.82, 2.24) is 19.9 Å². The zero-order valence-electron chi connectivity index (χ0n) is 19.2. The second kappa shape index (κ2) is 7.34. The fourth-order valence-corrected chi connectivity index (χ4v) is 6.18. The number of imidazole rings is 1. The highest BCUT2D eigenvalue weighted by Crippen LogP contribution is 2.60. The van der Waals surface area contributed by atoms with Gasteiger partial charge in [0.25, 0.3) is 0 Å². The van der Waals surface area contributed by atoms with E-state index in [1.54, 1.807) is 0 Å². The molecule has 0 radical (unpaired) electrons. The van der Waals surface area contributed by atoms with Crippen molar-refractivity contribution in [3.05, 3.63) is 108 Å². The highest BCUT2D eigenvalue weighted by atomic mass is 16.2. The number of pyridine rings is 2. The molecule has 35 heavy (non-hydrogen) atoms. The maximum Gasteiger partial charge on any atom is 0.233 e. The summed E-state index contributed by atoms with van der Waals surface area (Å²) in [5, 5.41) is 5.38. The van der Waals surface area contributed by atoms with Gasteiger partial charge in [-0.3, -0.25) is 20.1 Å². The number of carbonyl (C=O) groups excluding carboxylic acids is 1. The van der Waals surface area contributed by atoms with Crippen LogP contribution in [-0.4, -0.2) is 25.8 Å². The lowest BCUT2D eigenvalue weighted by Gasteiger charge is -2.50. The third-order valence-electron chi connectivity index (χ3n) is 7.81. The fraction of sp³-hybridized carbons (Fsp3) is 0.172. The Morgan fingerprint density at radius 3 is 2.60 bits per heavy atom. The van der Waals surface area contributed by atoms with Gasteiger partial charge in [0.05, 0.1) is 11.1 Å². The molecule has 6 nitrogen and oxygen atoms in total. The van der Waals surface area contributed by atoms with Crippen molar-refractivity contribution in [2.75, 3.05) is 5.32 Å². The second-order valence-electron chi connectivity index (χ2n) is 9.73. The number of nitrogens with one attached hydrogen (secondary N) is 2. The Morgan fingerprint density at radius 2 is 1.71 bits per heavy atom. The summed E-state index contributed by atoms with van der Waals surface area (Å²) >= 11 is 0. The van der Waals surface area contributed by atoms with Gasteiger partial charge in [0.1, 0.15) is 0 Å². The van der Waals surface area contributed by atoms with Crippen LogP contribution < -0.4 is 5.32 Å². The molecule has 3 aliphatic carbocycles. The van der Waals surface area contributed by atoms with Gasteiger partial charge in [-0.05, 0) is 58.5 Å². The summed E-state index contributed by atoms with van der Waals surface area (Å²) < 4.78 is 0. The Balaban J connectivity index is 1.24. The van der Waals surface area contributed by atoms with Crippen LogP contribution in [-0.2, 0) is 4.79 Å². The van der Waals surface area contributed by atoms with E-state index in [1.807, 2.05) is 49.2 Å². The van der Waals surface area contributed by atoms with Gasteiger partial charge in [-0.25, -0.2) is 4.98 Å². The molecular weight excluding hydrogens is 434 g/mol. The van der Waals surface area contributed by atoms with Gasteiger partial charge in [0.2, 0.25) is 11.9 Å². The lowest BCUT2D eigenvalue weighted by molar-refractivity contribution is -0.126. The van der Waals surface area contributed by atoms with Crippen molar-refractivity contribution in [2.24, 2.45) is 5.41 Å². The summed E-state index contributed by atoms with van der Waals surface area (Å²) in [6, 6.07) is 18.6. The number of amides is 1. The zero-order chi connectivity index (χ0) is 23.6. The predicted molar refractivity (Wildman–Crippen MR) is 135 cm³/mol. The molecule has 3 aliphatic rings. The Hall–Kier alpha value is -4.32. The zero-order valence-corrected chi connectivity index (χ0v) is 19.2. The number of fused-ring (bicyclic) bond motifs is 2. The van der Waals surface area contributed by atoms with E-state index in [4.69, 9.17) is 4.98 Å². The number of rotatable bonds is 3. The van der Waals surface area contributed by atoms with Crippen LogP contribution in [0.25, 0.3) is 22.0 Å². The number of carbonyl (C=O) groups is 1. The molecule has 6 heteroatoms. The lowest BCUT2D eigenvalue weighted by Crippen LogP contribution is -2.47. The molecule has 0 saturated carbocycles. The summed E-state index contributed by atoms with van der Waals surface area (Å²) in [5.41, 5.74) is 5.98. The van der Waals surface area contributed by atoms with E-state index < -0.39 is 5.41 Å². The second-order valence-corrected chi connectivity index (χ2v) is 9.73. The molecule has 3 aromatic heterocycles. The first-order valence-corrected chi connectivity index (χ1v) is 11.9. The molecule has 3 heterocycles. The topological polar surface area (TPSA) is 83.6 Å². The molecule has 170 valence electrons. The third kappa shape index (κ3) is 2.89. The van der Waals surface area contributed by atoms with E-state index >= 15 is 0 Å². The molecule has 2 aromatic carbocycles. The highest BCUT2D eigenvalue weighted by Gasteiger charge is 2.54. The summed E-state index contributed by atoms with van der Waals surface area (Å²) in [5.74, 6) is 0.465. The Kier molecular flexibility index (Phi) is 4.21. The first-order chi connectivity index (χ1) is 17.1. The van der Waals surface area contributed by atoms with Crippen LogP contribution in [0.4, 0.5) is 5.95 Å². The van der Waals surface area contributed by atoms with Gasteiger partial charge in [0, 0.05) is 48.4 Å². The standard InChI is InChI=1S/C29H23N5O/c1-29(13-22-19-9-11-31-15-24(19)26(29)21-10-12-30-14-23(21)22)27(35)34-28-32-16-25(33-28)20-8-4-6-17-5-2-3-7-18(17)20/h2-12,14-16,22,26H,13H2,1H3,(H2,32,33,34,35). The van der Waals surface area contributed by atoms with Crippen LogP contribution >= 0.6 is 0 Å². The number of anilines is 1. The van der Waals surface area contributed by atoms with Crippen LogP contribution in [0.1, 0.15) is 47.4 Å². The van der Waals surface area contributed by atoms with E-state index in [-0.39, 0.29) is 17.7 Å². The normalized spacial score (nSPS) is 22.0. The van der Waals surface area contributed by atoms with E-state index in [1.165, 1.54) is 16.7 Å². The van der Waals surface area contributed by atoms with Crippen molar-refractivity contribution in [3.8, 4) is 11.3 Å². The molecule has 2 bridgehead atoms. The average molecular weight is 458 g/mol. The maximum atomic E-state index is 13.8. The molecule has 0 spiro atoms. The monoisotopic (exact) mass is 457 g/mol. The van der Waals surface area contributed by atoms with Crippen molar-refractivity contribution in [2.45, 2.75) is 25.2 Å². The molecule has 2 N–H and O–H groups in total. The molecule has 8 rings (SSSR count). The summed E-state index contributed by atoms with van der Waals surface area (Å²) in [6.45, 7) is 2.06. The molecule has 0 fully saturated rings. The number of benzene rings is 2. The minimum absolute atomic E-state index is 0.0386. The summed E-state index contributed by atoms with van der Waals surface area (Å²) in [7, 11) is 0. The van der Waals surface area contributed by atoms with Crippen molar-refractivity contribution >= 4 is 22.6 Å². The van der Waals surface area contributed by atoms with Crippen molar-refractivity contribution in [1.29, 1.82) is 0 Å². The average Bonchev–Trinajstić information content (AvgIpc) is 3.36. The van der Waals surface area contributed by atoms with Crippen LogP contribution in [0.5, 0.6) is 0 Å². The van der Waals surface area contributed by atoms with Gasteiger partial charge >= 0.3 is 0 Å².